The second kappa shape index (κ2) is 5.13. The Morgan fingerprint density at radius 2 is 2.05 bits per heavy atom. The van der Waals surface area contributed by atoms with Gasteiger partial charge < -0.3 is 5.11 Å². The minimum Gasteiger partial charge on any atom is -0.480 e. The summed E-state index contributed by atoms with van der Waals surface area (Å²) >= 11 is 6.01. The van der Waals surface area contributed by atoms with Crippen molar-refractivity contribution in [3.63, 3.8) is 0 Å². The van der Waals surface area contributed by atoms with Crippen molar-refractivity contribution in [2.24, 2.45) is 0 Å². The number of imidazole rings is 1. The predicted molar refractivity (Wildman–Crippen MR) is 79.1 cm³/mol. The molecule has 0 saturated carbocycles. The van der Waals surface area contributed by atoms with Gasteiger partial charge in [0.1, 0.15) is 0 Å². The van der Waals surface area contributed by atoms with Crippen LogP contribution in [0.4, 0.5) is 0 Å². The van der Waals surface area contributed by atoms with E-state index in [0.717, 1.165) is 17.5 Å². The number of aromatic nitrogens is 3. The molecule has 2 aromatic heterocycles. The van der Waals surface area contributed by atoms with Crippen molar-refractivity contribution in [1.29, 1.82) is 0 Å². The van der Waals surface area contributed by atoms with E-state index < -0.39 is 0 Å². The molecule has 0 bridgehead atoms. The number of benzene rings is 1. The Balaban J connectivity index is 2.21. The molecule has 102 valence electrons. The summed E-state index contributed by atoms with van der Waals surface area (Å²) in [6, 6.07) is 11.8. The third-order valence-electron chi connectivity index (χ3n) is 3.38. The average molecular weight is 288 g/mol. The molecule has 2 heterocycles. The Morgan fingerprint density at radius 3 is 2.75 bits per heavy atom. The van der Waals surface area contributed by atoms with Gasteiger partial charge in [-0.2, -0.15) is 4.98 Å². The molecular weight excluding hydrogens is 274 g/mol. The average Bonchev–Trinajstić information content (AvgIpc) is 2.77. The number of halogens is 1. The van der Waals surface area contributed by atoms with Gasteiger partial charge in [-0.25, -0.2) is 4.98 Å². The Hall–Kier alpha value is -2.07. The molecule has 1 atom stereocenters. The zero-order chi connectivity index (χ0) is 14.1. The molecule has 0 spiro atoms. The van der Waals surface area contributed by atoms with Crippen LogP contribution in [-0.4, -0.2) is 19.6 Å². The Morgan fingerprint density at radius 1 is 1.30 bits per heavy atom. The third-order valence-corrected chi connectivity index (χ3v) is 3.58. The highest BCUT2D eigenvalue weighted by molar-refractivity contribution is 6.31. The summed E-state index contributed by atoms with van der Waals surface area (Å²) in [4.78, 5) is 8.25. The fourth-order valence-electron chi connectivity index (χ4n) is 2.49. The first kappa shape index (κ1) is 12.9. The predicted octanol–water partition coefficient (Wildman–Crippen LogP) is 3.79. The monoisotopic (exact) mass is 287 g/mol. The van der Waals surface area contributed by atoms with Crippen LogP contribution in [0.5, 0.6) is 6.01 Å². The van der Waals surface area contributed by atoms with Gasteiger partial charge in [0.2, 0.25) is 0 Å². The van der Waals surface area contributed by atoms with Crippen LogP contribution in [0.1, 0.15) is 24.9 Å². The van der Waals surface area contributed by atoms with Crippen LogP contribution in [-0.2, 0) is 0 Å². The first-order valence-electron chi connectivity index (χ1n) is 6.48. The van der Waals surface area contributed by atoms with E-state index in [-0.39, 0.29) is 12.1 Å². The van der Waals surface area contributed by atoms with Gasteiger partial charge in [-0.05, 0) is 18.1 Å². The standard InChI is InChI=1S/C15H14ClN3O/c1-2-12(10-6-4-3-5-7-10)19-13-8-11(16)9-17-14(13)18-15(19)20/h3-9,12H,2H2,1H3,(H,17,18,20)/t12-/m0/s1. The van der Waals surface area contributed by atoms with E-state index in [0.29, 0.717) is 10.7 Å². The van der Waals surface area contributed by atoms with Crippen molar-refractivity contribution in [2.75, 3.05) is 0 Å². The summed E-state index contributed by atoms with van der Waals surface area (Å²) in [6.07, 6.45) is 2.36. The maximum Gasteiger partial charge on any atom is 0.296 e. The van der Waals surface area contributed by atoms with E-state index in [1.165, 1.54) is 6.20 Å². The molecular formula is C15H14ClN3O. The van der Waals surface area contributed by atoms with Gasteiger partial charge in [0.15, 0.2) is 5.65 Å². The summed E-state index contributed by atoms with van der Waals surface area (Å²) < 4.78 is 1.78. The van der Waals surface area contributed by atoms with Crippen molar-refractivity contribution < 1.29 is 5.11 Å². The largest absolute Gasteiger partial charge is 0.480 e. The lowest BCUT2D eigenvalue weighted by atomic mass is 10.0. The molecule has 1 N–H and O–H groups in total. The number of hydrogen-bond acceptors (Lipinski definition) is 3. The van der Waals surface area contributed by atoms with Crippen LogP contribution < -0.4 is 0 Å². The lowest BCUT2D eigenvalue weighted by molar-refractivity contribution is 0.384. The highest BCUT2D eigenvalue weighted by Crippen LogP contribution is 2.31. The van der Waals surface area contributed by atoms with Gasteiger partial charge in [0.25, 0.3) is 6.01 Å². The molecule has 0 fully saturated rings. The van der Waals surface area contributed by atoms with Crippen molar-refractivity contribution >= 4 is 22.8 Å². The van der Waals surface area contributed by atoms with Crippen molar-refractivity contribution in [3.8, 4) is 6.01 Å². The summed E-state index contributed by atoms with van der Waals surface area (Å²) in [7, 11) is 0. The smallest absolute Gasteiger partial charge is 0.296 e. The summed E-state index contributed by atoms with van der Waals surface area (Å²) in [6.45, 7) is 2.07. The van der Waals surface area contributed by atoms with E-state index in [1.54, 1.807) is 10.6 Å². The second-order valence-electron chi connectivity index (χ2n) is 4.61. The number of nitrogens with zero attached hydrogens (tertiary/aromatic N) is 3. The molecule has 0 radical (unpaired) electrons. The van der Waals surface area contributed by atoms with Crippen molar-refractivity contribution in [1.82, 2.24) is 14.5 Å². The topological polar surface area (TPSA) is 50.9 Å². The molecule has 0 aliphatic heterocycles. The van der Waals surface area contributed by atoms with Gasteiger partial charge in [-0.3, -0.25) is 4.57 Å². The molecule has 0 amide bonds. The second-order valence-corrected chi connectivity index (χ2v) is 5.05. The molecule has 0 unspecified atom stereocenters. The van der Waals surface area contributed by atoms with E-state index in [9.17, 15) is 5.11 Å². The van der Waals surface area contributed by atoms with Crippen LogP contribution in [0.2, 0.25) is 5.02 Å². The van der Waals surface area contributed by atoms with Gasteiger partial charge in [0, 0.05) is 6.20 Å². The van der Waals surface area contributed by atoms with Gasteiger partial charge in [0.05, 0.1) is 16.6 Å². The van der Waals surface area contributed by atoms with Crippen molar-refractivity contribution in [3.05, 3.63) is 53.2 Å². The van der Waals surface area contributed by atoms with E-state index >= 15 is 0 Å². The zero-order valence-corrected chi connectivity index (χ0v) is 11.7. The Kier molecular flexibility index (Phi) is 3.32. The Labute approximate surface area is 121 Å². The van der Waals surface area contributed by atoms with Gasteiger partial charge >= 0.3 is 0 Å². The minimum atomic E-state index is -0.0366. The first-order valence-corrected chi connectivity index (χ1v) is 6.86. The van der Waals surface area contributed by atoms with Crippen LogP contribution in [0.25, 0.3) is 11.2 Å². The van der Waals surface area contributed by atoms with E-state index in [2.05, 4.69) is 16.9 Å². The Bertz CT molecular complexity index is 739. The van der Waals surface area contributed by atoms with Gasteiger partial charge in [-0.1, -0.05) is 48.9 Å². The van der Waals surface area contributed by atoms with Crippen LogP contribution in [0.15, 0.2) is 42.6 Å². The maximum absolute atomic E-state index is 10.2. The van der Waals surface area contributed by atoms with E-state index in [4.69, 9.17) is 11.6 Å². The molecule has 20 heavy (non-hydrogen) atoms. The van der Waals surface area contributed by atoms with Gasteiger partial charge in [-0.15, -0.1) is 0 Å². The lowest BCUT2D eigenvalue weighted by Gasteiger charge is -2.18. The number of aromatic hydroxyl groups is 1. The lowest BCUT2D eigenvalue weighted by Crippen LogP contribution is -2.09. The number of rotatable bonds is 3. The molecule has 0 aliphatic rings. The normalized spacial score (nSPS) is 12.7. The molecule has 3 rings (SSSR count). The number of fused-ring (bicyclic) bond motifs is 1. The van der Waals surface area contributed by atoms with Crippen LogP contribution in [0.3, 0.4) is 0 Å². The molecule has 1 aromatic carbocycles. The quantitative estimate of drug-likeness (QED) is 0.797. The fraction of sp³-hybridized carbons (Fsp3) is 0.200. The minimum absolute atomic E-state index is 0.00136. The summed E-state index contributed by atoms with van der Waals surface area (Å²) in [5, 5.41) is 10.7. The molecule has 0 aliphatic carbocycles. The third kappa shape index (κ3) is 2.12. The number of pyridine rings is 1. The fourth-order valence-corrected chi connectivity index (χ4v) is 2.64. The SMILES string of the molecule is CC[C@@H](c1ccccc1)n1c(O)nc2ncc(Cl)cc21. The van der Waals surface area contributed by atoms with Crippen molar-refractivity contribution in [2.45, 2.75) is 19.4 Å². The molecule has 4 nitrogen and oxygen atoms in total. The number of hydrogen-bond donors (Lipinski definition) is 1. The summed E-state index contributed by atoms with van der Waals surface area (Å²) in [5.74, 6) is 0. The van der Waals surface area contributed by atoms with Crippen LogP contribution >= 0.6 is 11.6 Å². The molecule has 5 heteroatoms. The van der Waals surface area contributed by atoms with Crippen LogP contribution in [0, 0.1) is 0 Å². The maximum atomic E-state index is 10.2. The van der Waals surface area contributed by atoms with E-state index in [1.807, 2.05) is 30.3 Å². The zero-order valence-electron chi connectivity index (χ0n) is 11.0. The summed E-state index contributed by atoms with van der Waals surface area (Å²) in [5.41, 5.74) is 2.36. The molecule has 0 saturated heterocycles. The highest BCUT2D eigenvalue weighted by atomic mass is 35.5. The highest BCUT2D eigenvalue weighted by Gasteiger charge is 2.19. The first-order chi connectivity index (χ1) is 9.70. The molecule has 3 aromatic rings.